The van der Waals surface area contributed by atoms with Crippen molar-refractivity contribution >= 4 is 33.2 Å². The average molecular weight is 403 g/mol. The molecule has 2 aromatic rings. The van der Waals surface area contributed by atoms with E-state index < -0.39 is 10.0 Å². The SMILES string of the molecule is CN(C)CCOc1cccc(CNS(=O)(=O)c2c(Cl)cccc2Cl)c1. The lowest BCUT2D eigenvalue weighted by molar-refractivity contribution is 0.261. The van der Waals surface area contributed by atoms with Crippen LogP contribution in [0.15, 0.2) is 47.4 Å². The van der Waals surface area contributed by atoms with Gasteiger partial charge in [-0.1, -0.05) is 41.4 Å². The Labute approximate surface area is 158 Å². The predicted molar refractivity (Wildman–Crippen MR) is 101 cm³/mol. The molecule has 8 heteroatoms. The summed E-state index contributed by atoms with van der Waals surface area (Å²) in [5.41, 5.74) is 0.772. The van der Waals surface area contributed by atoms with Gasteiger partial charge in [0.2, 0.25) is 10.0 Å². The van der Waals surface area contributed by atoms with Gasteiger partial charge in [-0.3, -0.25) is 0 Å². The first-order valence-corrected chi connectivity index (χ1v) is 9.83. The lowest BCUT2D eigenvalue weighted by atomic mass is 10.2. The lowest BCUT2D eigenvalue weighted by Crippen LogP contribution is -2.24. The Balaban J connectivity index is 2.05. The highest BCUT2D eigenvalue weighted by atomic mass is 35.5. The van der Waals surface area contributed by atoms with Crippen molar-refractivity contribution in [2.24, 2.45) is 0 Å². The van der Waals surface area contributed by atoms with Crippen LogP contribution in [0, 0.1) is 0 Å². The Bertz CT molecular complexity index is 806. The lowest BCUT2D eigenvalue weighted by Gasteiger charge is -2.13. The van der Waals surface area contributed by atoms with Crippen LogP contribution in [0.3, 0.4) is 0 Å². The van der Waals surface area contributed by atoms with E-state index >= 15 is 0 Å². The maximum absolute atomic E-state index is 12.5. The van der Waals surface area contributed by atoms with Gasteiger partial charge in [-0.15, -0.1) is 0 Å². The fourth-order valence-corrected chi connectivity index (χ4v) is 4.24. The highest BCUT2D eigenvalue weighted by molar-refractivity contribution is 7.89. The molecule has 0 spiro atoms. The monoisotopic (exact) mass is 402 g/mol. The summed E-state index contributed by atoms with van der Waals surface area (Å²) < 4.78 is 33.1. The number of rotatable bonds is 8. The van der Waals surface area contributed by atoms with Crippen molar-refractivity contribution in [2.75, 3.05) is 27.2 Å². The maximum atomic E-state index is 12.5. The summed E-state index contributed by atoms with van der Waals surface area (Å²) in [5.74, 6) is 0.689. The van der Waals surface area contributed by atoms with Crippen molar-refractivity contribution in [2.45, 2.75) is 11.4 Å². The summed E-state index contributed by atoms with van der Waals surface area (Å²) in [6, 6.07) is 11.8. The van der Waals surface area contributed by atoms with Crippen molar-refractivity contribution in [3.05, 3.63) is 58.1 Å². The van der Waals surface area contributed by atoms with E-state index in [2.05, 4.69) is 4.72 Å². The molecule has 136 valence electrons. The number of nitrogens with zero attached hydrogens (tertiary/aromatic N) is 1. The number of sulfonamides is 1. The molecule has 0 aromatic heterocycles. The number of nitrogens with one attached hydrogen (secondary N) is 1. The molecule has 2 aromatic carbocycles. The van der Waals surface area contributed by atoms with E-state index in [1.165, 1.54) is 12.1 Å². The number of likely N-dealkylation sites (N-methyl/N-ethyl adjacent to an activating group) is 1. The second kappa shape index (κ2) is 8.87. The topological polar surface area (TPSA) is 58.6 Å². The smallest absolute Gasteiger partial charge is 0.243 e. The van der Waals surface area contributed by atoms with Crippen LogP contribution in [-0.2, 0) is 16.6 Å². The van der Waals surface area contributed by atoms with E-state index in [0.29, 0.717) is 12.4 Å². The summed E-state index contributed by atoms with van der Waals surface area (Å²) in [6.07, 6.45) is 0. The second-order valence-corrected chi connectivity index (χ2v) is 8.19. The van der Waals surface area contributed by atoms with E-state index in [1.807, 2.05) is 37.2 Å². The first-order valence-electron chi connectivity index (χ1n) is 7.60. The number of ether oxygens (including phenoxy) is 1. The maximum Gasteiger partial charge on any atom is 0.243 e. The fraction of sp³-hybridized carbons (Fsp3) is 0.294. The van der Waals surface area contributed by atoms with Gasteiger partial charge in [-0.25, -0.2) is 13.1 Å². The number of benzene rings is 2. The molecule has 0 atom stereocenters. The van der Waals surface area contributed by atoms with Gasteiger partial charge in [-0.05, 0) is 43.9 Å². The van der Waals surface area contributed by atoms with Gasteiger partial charge >= 0.3 is 0 Å². The average Bonchev–Trinajstić information content (AvgIpc) is 2.53. The summed E-state index contributed by atoms with van der Waals surface area (Å²) in [4.78, 5) is 1.91. The van der Waals surface area contributed by atoms with E-state index in [0.717, 1.165) is 12.1 Å². The van der Waals surface area contributed by atoms with Crippen LogP contribution in [-0.4, -0.2) is 40.6 Å². The summed E-state index contributed by atoms with van der Waals surface area (Å²) in [5, 5.41) is 0.168. The molecule has 2 rings (SSSR count). The molecule has 0 heterocycles. The number of hydrogen-bond acceptors (Lipinski definition) is 4. The van der Waals surface area contributed by atoms with Crippen molar-refractivity contribution in [1.82, 2.24) is 9.62 Å². The second-order valence-electron chi connectivity index (χ2n) is 5.67. The van der Waals surface area contributed by atoms with Gasteiger partial charge < -0.3 is 9.64 Å². The van der Waals surface area contributed by atoms with E-state index in [9.17, 15) is 8.42 Å². The molecular weight excluding hydrogens is 383 g/mol. The first-order chi connectivity index (χ1) is 11.8. The minimum Gasteiger partial charge on any atom is -0.492 e. The van der Waals surface area contributed by atoms with Gasteiger partial charge in [0, 0.05) is 13.1 Å². The Kier molecular flexibility index (Phi) is 7.10. The largest absolute Gasteiger partial charge is 0.492 e. The van der Waals surface area contributed by atoms with Crippen LogP contribution < -0.4 is 9.46 Å². The molecule has 0 saturated carbocycles. The summed E-state index contributed by atoms with van der Waals surface area (Å²) in [6.45, 7) is 1.45. The van der Waals surface area contributed by atoms with E-state index in [1.54, 1.807) is 12.1 Å². The van der Waals surface area contributed by atoms with Crippen molar-refractivity contribution in [3.8, 4) is 5.75 Å². The number of halogens is 2. The van der Waals surface area contributed by atoms with Crippen LogP contribution in [0.1, 0.15) is 5.56 Å². The predicted octanol–water partition coefficient (Wildman–Crippen LogP) is 3.41. The molecule has 0 bridgehead atoms. The number of hydrogen-bond donors (Lipinski definition) is 1. The molecule has 5 nitrogen and oxygen atoms in total. The van der Waals surface area contributed by atoms with Gasteiger partial charge in [0.1, 0.15) is 17.3 Å². The van der Waals surface area contributed by atoms with Gasteiger partial charge in [-0.2, -0.15) is 0 Å². The Morgan fingerprint density at radius 3 is 2.36 bits per heavy atom. The van der Waals surface area contributed by atoms with Gasteiger partial charge in [0.25, 0.3) is 0 Å². The molecule has 0 aliphatic heterocycles. The highest BCUT2D eigenvalue weighted by Gasteiger charge is 2.21. The van der Waals surface area contributed by atoms with Crippen LogP contribution in [0.5, 0.6) is 5.75 Å². The van der Waals surface area contributed by atoms with E-state index in [4.69, 9.17) is 27.9 Å². The minimum absolute atomic E-state index is 0.0840. The first kappa shape index (κ1) is 20.0. The molecule has 0 radical (unpaired) electrons. The molecule has 0 saturated heterocycles. The van der Waals surface area contributed by atoms with Crippen LogP contribution in [0.25, 0.3) is 0 Å². The highest BCUT2D eigenvalue weighted by Crippen LogP contribution is 2.28. The summed E-state index contributed by atoms with van der Waals surface area (Å²) in [7, 11) is 0.111. The van der Waals surface area contributed by atoms with Crippen molar-refractivity contribution < 1.29 is 13.2 Å². The Morgan fingerprint density at radius 2 is 1.72 bits per heavy atom. The van der Waals surface area contributed by atoms with Crippen LogP contribution in [0.2, 0.25) is 10.0 Å². The zero-order valence-electron chi connectivity index (χ0n) is 14.0. The molecule has 25 heavy (non-hydrogen) atoms. The zero-order chi connectivity index (χ0) is 18.4. The Morgan fingerprint density at radius 1 is 1.08 bits per heavy atom. The molecule has 0 aliphatic rings. The zero-order valence-corrected chi connectivity index (χ0v) is 16.3. The van der Waals surface area contributed by atoms with Gasteiger partial charge in [0.05, 0.1) is 10.0 Å². The summed E-state index contributed by atoms with van der Waals surface area (Å²) >= 11 is 12.0. The fourth-order valence-electron chi connectivity index (χ4n) is 2.08. The third-order valence-electron chi connectivity index (χ3n) is 3.36. The minimum atomic E-state index is -3.82. The normalized spacial score (nSPS) is 11.7. The van der Waals surface area contributed by atoms with Crippen LogP contribution >= 0.6 is 23.2 Å². The Hall–Kier alpha value is -1.31. The third-order valence-corrected chi connectivity index (χ3v) is 5.72. The molecule has 0 amide bonds. The molecular formula is C17H20Cl2N2O3S. The molecule has 0 unspecified atom stereocenters. The molecule has 0 fully saturated rings. The third kappa shape index (κ3) is 5.87. The van der Waals surface area contributed by atoms with Crippen molar-refractivity contribution in [1.29, 1.82) is 0 Å². The standard InChI is InChI=1S/C17H20Cl2N2O3S/c1-21(2)9-10-24-14-6-3-5-13(11-14)12-20-25(22,23)17-15(18)7-4-8-16(17)19/h3-8,11,20H,9-10,12H2,1-2H3. The van der Waals surface area contributed by atoms with Crippen molar-refractivity contribution in [3.63, 3.8) is 0 Å². The quantitative estimate of drug-likeness (QED) is 0.734. The molecule has 0 aliphatic carbocycles. The molecule has 1 N–H and O–H groups in total. The van der Waals surface area contributed by atoms with Gasteiger partial charge in [0.15, 0.2) is 0 Å². The van der Waals surface area contributed by atoms with E-state index in [-0.39, 0.29) is 21.5 Å². The van der Waals surface area contributed by atoms with Crippen LogP contribution in [0.4, 0.5) is 0 Å².